The number of nitrogens with one attached hydrogen (secondary N) is 1. The monoisotopic (exact) mass is 456 g/mol. The Bertz CT molecular complexity index is 1320. The van der Waals surface area contributed by atoms with Crippen LogP contribution in [0.2, 0.25) is 0 Å². The molecule has 1 fully saturated rings. The number of H-pyrrole nitrogens is 1. The van der Waals surface area contributed by atoms with Gasteiger partial charge in [-0.15, -0.1) is 0 Å². The normalized spacial score (nSPS) is 16.7. The van der Waals surface area contributed by atoms with Crippen LogP contribution < -0.4 is 10.5 Å². The Morgan fingerprint density at radius 2 is 1.79 bits per heavy atom. The highest BCUT2D eigenvalue weighted by Gasteiger charge is 2.43. The van der Waals surface area contributed by atoms with E-state index in [1.165, 1.54) is 53.5 Å². The fourth-order valence-electron chi connectivity index (χ4n) is 3.79. The number of halogens is 3. The number of anilines is 1. The number of amides is 1. The predicted octanol–water partition coefficient (Wildman–Crippen LogP) is 4.64. The minimum Gasteiger partial charge on any atom is -0.440 e. The Kier molecular flexibility index (Phi) is 5.37. The highest BCUT2D eigenvalue weighted by atomic mass is 19.4. The van der Waals surface area contributed by atoms with Crippen molar-refractivity contribution in [3.63, 3.8) is 0 Å². The van der Waals surface area contributed by atoms with Gasteiger partial charge in [-0.2, -0.15) is 13.2 Å². The van der Waals surface area contributed by atoms with Crippen LogP contribution in [-0.4, -0.2) is 34.4 Å². The van der Waals surface area contributed by atoms with Crippen LogP contribution in [0.1, 0.15) is 5.56 Å². The van der Waals surface area contributed by atoms with Gasteiger partial charge in [0.05, 0.1) is 12.1 Å². The maximum atomic E-state index is 13.4. The first-order valence-electron chi connectivity index (χ1n) is 9.89. The van der Waals surface area contributed by atoms with Crippen molar-refractivity contribution in [2.24, 2.45) is 0 Å². The molecular weight excluding hydrogens is 437 g/mol. The largest absolute Gasteiger partial charge is 0.440 e. The third-order valence-electron chi connectivity index (χ3n) is 5.65. The fourth-order valence-corrected chi connectivity index (χ4v) is 3.79. The molecule has 1 aromatic heterocycles. The molecule has 2 heterocycles. The minimum absolute atomic E-state index is 0.0200. The number of fused-ring (bicyclic) bond motifs is 1. The molecule has 6 nitrogen and oxygen atoms in total. The van der Waals surface area contributed by atoms with Gasteiger partial charge in [0.25, 0.3) is 5.56 Å². The van der Waals surface area contributed by atoms with E-state index in [0.29, 0.717) is 11.1 Å². The Hall–Kier alpha value is -3.85. The highest BCUT2D eigenvalue weighted by Crippen LogP contribution is 2.37. The van der Waals surface area contributed by atoms with E-state index >= 15 is 0 Å². The molecule has 1 aliphatic heterocycles. The zero-order valence-corrected chi connectivity index (χ0v) is 17.2. The molecule has 1 atom stereocenters. The van der Waals surface area contributed by atoms with E-state index in [2.05, 4.69) is 18.1 Å². The molecule has 170 valence electrons. The lowest BCUT2D eigenvalue weighted by atomic mass is 9.97. The van der Waals surface area contributed by atoms with E-state index in [-0.39, 0.29) is 23.2 Å². The summed E-state index contributed by atoms with van der Waals surface area (Å²) in [5.74, 6) is 0. The smallest absolute Gasteiger partial charge is 0.417 e. The molecule has 0 radical (unpaired) electrons. The van der Waals surface area contributed by atoms with E-state index in [0.717, 1.165) is 6.07 Å². The fraction of sp³-hybridized carbons (Fsp3) is 0.167. The summed E-state index contributed by atoms with van der Waals surface area (Å²) >= 11 is 0. The van der Waals surface area contributed by atoms with Crippen molar-refractivity contribution < 1.29 is 27.8 Å². The average molecular weight is 456 g/mol. The second kappa shape index (κ2) is 7.93. The number of carbonyl (C=O) groups excluding carboxylic acids is 1. The Balaban J connectivity index is 1.74. The number of hydrogen-bond acceptors (Lipinski definition) is 4. The molecule has 1 saturated heterocycles. The molecule has 0 bridgehead atoms. The Morgan fingerprint density at radius 3 is 2.45 bits per heavy atom. The van der Waals surface area contributed by atoms with Crippen molar-refractivity contribution in [1.82, 2.24) is 4.98 Å². The van der Waals surface area contributed by atoms with Crippen molar-refractivity contribution in [2.75, 3.05) is 11.4 Å². The van der Waals surface area contributed by atoms with Gasteiger partial charge >= 0.3 is 12.3 Å². The Morgan fingerprint density at radius 1 is 1.09 bits per heavy atom. The molecule has 1 unspecified atom stereocenters. The number of nitrogens with zero attached hydrogens (tertiary/aromatic N) is 1. The number of aromatic amines is 1. The zero-order chi connectivity index (χ0) is 24.0. The molecule has 0 spiro atoms. The van der Waals surface area contributed by atoms with Crippen LogP contribution in [-0.2, 0) is 10.9 Å². The van der Waals surface area contributed by atoms with Gasteiger partial charge in [-0.25, -0.2) is 4.79 Å². The molecule has 9 heteroatoms. The van der Waals surface area contributed by atoms with Gasteiger partial charge < -0.3 is 14.8 Å². The zero-order valence-electron chi connectivity index (χ0n) is 17.2. The first-order chi connectivity index (χ1) is 15.6. The summed E-state index contributed by atoms with van der Waals surface area (Å²) in [6, 6.07) is 10.9. The summed E-state index contributed by atoms with van der Waals surface area (Å²) in [5.41, 5.74) is -2.89. The molecule has 1 aliphatic rings. The molecule has 0 saturated carbocycles. The van der Waals surface area contributed by atoms with Gasteiger partial charge in [-0.05, 0) is 29.7 Å². The third kappa shape index (κ3) is 3.91. The Labute approximate surface area is 186 Å². The van der Waals surface area contributed by atoms with Crippen LogP contribution in [0.15, 0.2) is 78.6 Å². The van der Waals surface area contributed by atoms with Crippen molar-refractivity contribution in [3.05, 3.63) is 89.8 Å². The molecule has 4 rings (SSSR count). The summed E-state index contributed by atoms with van der Waals surface area (Å²) in [7, 11) is 0. The van der Waals surface area contributed by atoms with E-state index in [1.54, 1.807) is 6.07 Å². The number of benzene rings is 2. The minimum atomic E-state index is -4.59. The topological polar surface area (TPSA) is 82.6 Å². The van der Waals surface area contributed by atoms with Crippen LogP contribution in [0.3, 0.4) is 0 Å². The number of aromatic nitrogens is 1. The van der Waals surface area contributed by atoms with Gasteiger partial charge in [-0.3, -0.25) is 9.69 Å². The van der Waals surface area contributed by atoms with Gasteiger partial charge in [-0.1, -0.05) is 49.6 Å². The average Bonchev–Trinajstić information content (AvgIpc) is 3.20. The molecule has 2 aromatic carbocycles. The summed E-state index contributed by atoms with van der Waals surface area (Å²) in [5, 5.41) is 11.0. The highest BCUT2D eigenvalue weighted by molar-refractivity contribution is 5.95. The number of rotatable bonds is 5. The van der Waals surface area contributed by atoms with Crippen molar-refractivity contribution in [3.8, 4) is 11.3 Å². The molecule has 2 N–H and O–H groups in total. The quantitative estimate of drug-likeness (QED) is 0.548. The van der Waals surface area contributed by atoms with Crippen LogP contribution in [0.4, 0.5) is 23.7 Å². The number of aliphatic hydroxyl groups is 1. The molecule has 33 heavy (non-hydrogen) atoms. The molecule has 3 aromatic rings. The van der Waals surface area contributed by atoms with Crippen LogP contribution in [0.5, 0.6) is 0 Å². The first-order valence-corrected chi connectivity index (χ1v) is 9.89. The van der Waals surface area contributed by atoms with Gasteiger partial charge in [0.1, 0.15) is 5.60 Å². The number of carbonyl (C=O) groups is 1. The van der Waals surface area contributed by atoms with E-state index < -0.39 is 35.1 Å². The second-order valence-corrected chi connectivity index (χ2v) is 7.61. The molecule has 1 amide bonds. The molecular formula is C24H19F3N2O4. The van der Waals surface area contributed by atoms with Crippen LogP contribution >= 0.6 is 0 Å². The lowest BCUT2D eigenvalue weighted by molar-refractivity contribution is -0.137. The lowest BCUT2D eigenvalue weighted by Gasteiger charge is -2.25. The van der Waals surface area contributed by atoms with Crippen molar-refractivity contribution in [2.45, 2.75) is 17.9 Å². The van der Waals surface area contributed by atoms with E-state index in [4.69, 9.17) is 4.74 Å². The van der Waals surface area contributed by atoms with E-state index in [9.17, 15) is 27.9 Å². The van der Waals surface area contributed by atoms with Gasteiger partial charge in [0, 0.05) is 22.3 Å². The standard InChI is InChI=1S/C24H19F3N2O4/c1-3-23(32,4-2)20-13-29(22(31)33-20)15-10-9-14-11-19(28-21(30)17(14)12-15)16-7-5-6-8-18(16)24(25,26)27/h3-12,20,32H,1-2,13H2,(H,28,30). The summed E-state index contributed by atoms with van der Waals surface area (Å²) in [6.45, 7) is 7.04. The second-order valence-electron chi connectivity index (χ2n) is 7.61. The number of pyridine rings is 1. The van der Waals surface area contributed by atoms with E-state index in [1.807, 2.05) is 0 Å². The third-order valence-corrected chi connectivity index (χ3v) is 5.65. The maximum Gasteiger partial charge on any atom is 0.417 e. The number of alkyl halides is 3. The van der Waals surface area contributed by atoms with Crippen LogP contribution in [0, 0.1) is 0 Å². The van der Waals surface area contributed by atoms with Gasteiger partial charge in [0.2, 0.25) is 0 Å². The maximum absolute atomic E-state index is 13.4. The number of ether oxygens (including phenoxy) is 1. The van der Waals surface area contributed by atoms with Crippen molar-refractivity contribution >= 4 is 22.6 Å². The van der Waals surface area contributed by atoms with Gasteiger partial charge in [0.15, 0.2) is 6.10 Å². The number of hydrogen-bond donors (Lipinski definition) is 2. The summed E-state index contributed by atoms with van der Waals surface area (Å²) in [6.07, 6.45) is -3.83. The first kappa shape index (κ1) is 22.3. The number of cyclic esters (lactones) is 1. The molecule has 0 aliphatic carbocycles. The lowest BCUT2D eigenvalue weighted by Crippen LogP contribution is -2.41. The van der Waals surface area contributed by atoms with Crippen LogP contribution in [0.25, 0.3) is 22.0 Å². The summed E-state index contributed by atoms with van der Waals surface area (Å²) in [4.78, 5) is 28.9. The SMILES string of the molecule is C=CC(O)(C=C)C1CN(c2ccc3cc(-c4ccccc4C(F)(F)F)[nH]c(=O)c3c2)C(=O)O1. The predicted molar refractivity (Wildman–Crippen MR) is 118 cm³/mol. The van der Waals surface area contributed by atoms with Crippen molar-refractivity contribution in [1.29, 1.82) is 0 Å². The summed E-state index contributed by atoms with van der Waals surface area (Å²) < 4.78 is 45.5.